The van der Waals surface area contributed by atoms with Gasteiger partial charge in [0.1, 0.15) is 6.07 Å². The van der Waals surface area contributed by atoms with Crippen LogP contribution in [-0.4, -0.2) is 23.8 Å². The van der Waals surface area contributed by atoms with Crippen molar-refractivity contribution in [1.82, 2.24) is 9.55 Å². The summed E-state index contributed by atoms with van der Waals surface area (Å²) in [6, 6.07) is 15.7. The Labute approximate surface area is 146 Å². The number of hydrogen-bond acceptors (Lipinski definition) is 4. The minimum atomic E-state index is 0.505. The van der Waals surface area contributed by atoms with E-state index in [2.05, 4.69) is 11.1 Å². The highest BCUT2D eigenvalue weighted by molar-refractivity contribution is 5.91. The summed E-state index contributed by atoms with van der Waals surface area (Å²) in [5, 5.41) is 9.69. The standard InChI is InChI=1S/C20H19N3O2/c1-4-23-17-8-6-5-7-16(17)22-20(23)15(13-21)11-14-9-10-18(24-2)19(12-14)25-3/h5-12H,4H2,1-3H3/b15-11-. The molecule has 0 aliphatic rings. The summed E-state index contributed by atoms with van der Waals surface area (Å²) < 4.78 is 12.6. The fourth-order valence-electron chi connectivity index (χ4n) is 2.86. The second-order valence-electron chi connectivity index (χ2n) is 5.45. The van der Waals surface area contributed by atoms with Gasteiger partial charge in [-0.25, -0.2) is 4.98 Å². The predicted octanol–water partition coefficient (Wildman–Crippen LogP) is 4.14. The van der Waals surface area contributed by atoms with Gasteiger partial charge >= 0.3 is 0 Å². The van der Waals surface area contributed by atoms with Crippen LogP contribution >= 0.6 is 0 Å². The van der Waals surface area contributed by atoms with Gasteiger partial charge in [0.25, 0.3) is 0 Å². The van der Waals surface area contributed by atoms with Gasteiger partial charge in [0, 0.05) is 6.54 Å². The highest BCUT2D eigenvalue weighted by atomic mass is 16.5. The quantitative estimate of drug-likeness (QED) is 0.659. The Morgan fingerprint density at radius 2 is 1.92 bits per heavy atom. The molecule has 5 nitrogen and oxygen atoms in total. The molecule has 0 unspecified atom stereocenters. The van der Waals surface area contributed by atoms with E-state index < -0.39 is 0 Å². The van der Waals surface area contributed by atoms with Gasteiger partial charge in [-0.2, -0.15) is 5.26 Å². The van der Waals surface area contributed by atoms with Crippen molar-refractivity contribution in [2.75, 3.05) is 14.2 Å². The number of nitriles is 1. The number of ether oxygens (including phenoxy) is 2. The van der Waals surface area contributed by atoms with E-state index in [1.165, 1.54) is 0 Å². The lowest BCUT2D eigenvalue weighted by molar-refractivity contribution is 0.355. The molecule has 0 fully saturated rings. The molecule has 0 saturated heterocycles. The maximum Gasteiger partial charge on any atom is 0.161 e. The van der Waals surface area contributed by atoms with Crippen LogP contribution in [0.4, 0.5) is 0 Å². The number of para-hydroxylation sites is 2. The van der Waals surface area contributed by atoms with E-state index in [9.17, 15) is 5.26 Å². The van der Waals surface area contributed by atoms with Gasteiger partial charge in [-0.1, -0.05) is 18.2 Å². The minimum Gasteiger partial charge on any atom is -0.493 e. The lowest BCUT2D eigenvalue weighted by Crippen LogP contribution is -2.00. The number of imidazole rings is 1. The summed E-state index contributed by atoms with van der Waals surface area (Å²) in [4.78, 5) is 4.64. The molecule has 0 aliphatic carbocycles. The molecule has 126 valence electrons. The van der Waals surface area contributed by atoms with Gasteiger partial charge in [0.2, 0.25) is 0 Å². The first-order valence-corrected chi connectivity index (χ1v) is 8.01. The van der Waals surface area contributed by atoms with Gasteiger partial charge in [-0.3, -0.25) is 0 Å². The first kappa shape index (κ1) is 16.6. The number of rotatable bonds is 5. The Morgan fingerprint density at radius 3 is 2.60 bits per heavy atom. The van der Waals surface area contributed by atoms with Gasteiger partial charge in [0.15, 0.2) is 17.3 Å². The van der Waals surface area contributed by atoms with E-state index in [0.717, 1.165) is 23.1 Å². The van der Waals surface area contributed by atoms with E-state index in [0.29, 0.717) is 22.9 Å². The molecular weight excluding hydrogens is 314 g/mol. The second-order valence-corrected chi connectivity index (χ2v) is 5.45. The maximum atomic E-state index is 9.69. The third-order valence-corrected chi connectivity index (χ3v) is 4.05. The third kappa shape index (κ3) is 3.07. The first-order chi connectivity index (χ1) is 12.2. The summed E-state index contributed by atoms with van der Waals surface area (Å²) >= 11 is 0. The number of aryl methyl sites for hydroxylation is 1. The summed E-state index contributed by atoms with van der Waals surface area (Å²) in [5.41, 5.74) is 3.26. The number of methoxy groups -OCH3 is 2. The van der Waals surface area contributed by atoms with Crippen LogP contribution in [0.1, 0.15) is 18.3 Å². The molecule has 0 radical (unpaired) electrons. The number of aromatic nitrogens is 2. The van der Waals surface area contributed by atoms with Gasteiger partial charge in [0.05, 0.1) is 30.8 Å². The Hall–Kier alpha value is -3.26. The first-order valence-electron chi connectivity index (χ1n) is 8.01. The van der Waals surface area contributed by atoms with Crippen LogP contribution in [0, 0.1) is 11.3 Å². The predicted molar refractivity (Wildman–Crippen MR) is 98.4 cm³/mol. The molecule has 0 amide bonds. The van der Waals surface area contributed by atoms with Crippen LogP contribution in [0.3, 0.4) is 0 Å². The zero-order valence-corrected chi connectivity index (χ0v) is 14.5. The molecule has 0 saturated carbocycles. The molecule has 0 bridgehead atoms. The third-order valence-electron chi connectivity index (χ3n) is 4.05. The number of hydrogen-bond donors (Lipinski definition) is 0. The summed E-state index contributed by atoms with van der Waals surface area (Å²) in [6.45, 7) is 2.78. The maximum absolute atomic E-state index is 9.69. The Kier molecular flexibility index (Phi) is 4.71. The van der Waals surface area contributed by atoms with Gasteiger partial charge in [-0.15, -0.1) is 0 Å². The molecule has 5 heteroatoms. The van der Waals surface area contributed by atoms with E-state index >= 15 is 0 Å². The van der Waals surface area contributed by atoms with Crippen molar-refractivity contribution >= 4 is 22.7 Å². The van der Waals surface area contributed by atoms with Crippen LogP contribution in [0.15, 0.2) is 42.5 Å². The highest BCUT2D eigenvalue weighted by Crippen LogP contribution is 2.30. The van der Waals surface area contributed by atoms with Crippen LogP contribution in [0.5, 0.6) is 11.5 Å². The summed E-state index contributed by atoms with van der Waals surface area (Å²) in [6.07, 6.45) is 1.81. The fourth-order valence-corrected chi connectivity index (χ4v) is 2.86. The average molecular weight is 333 g/mol. The molecule has 1 aromatic heterocycles. The molecule has 0 N–H and O–H groups in total. The molecule has 3 aromatic rings. The second kappa shape index (κ2) is 7.10. The van der Waals surface area contributed by atoms with Crippen molar-refractivity contribution in [3.8, 4) is 17.6 Å². The SMILES string of the molecule is CCn1c(/C(C#N)=C\c2ccc(OC)c(OC)c2)nc2ccccc21. The van der Waals surface area contributed by atoms with Crippen LogP contribution in [0.2, 0.25) is 0 Å². The van der Waals surface area contributed by atoms with E-state index in [1.807, 2.05) is 60.0 Å². The van der Waals surface area contributed by atoms with Crippen LogP contribution in [-0.2, 0) is 6.54 Å². The topological polar surface area (TPSA) is 60.1 Å². The smallest absolute Gasteiger partial charge is 0.161 e. The van der Waals surface area contributed by atoms with E-state index in [1.54, 1.807) is 14.2 Å². The molecule has 0 atom stereocenters. The van der Waals surface area contributed by atoms with Gasteiger partial charge in [-0.05, 0) is 42.8 Å². The normalized spacial score (nSPS) is 11.4. The molecular formula is C20H19N3O2. The fraction of sp³-hybridized carbons (Fsp3) is 0.200. The molecule has 1 heterocycles. The Morgan fingerprint density at radius 1 is 1.16 bits per heavy atom. The highest BCUT2D eigenvalue weighted by Gasteiger charge is 2.14. The summed E-state index contributed by atoms with van der Waals surface area (Å²) in [5.74, 6) is 1.94. The lowest BCUT2D eigenvalue weighted by Gasteiger charge is -2.08. The van der Waals surface area contributed by atoms with Crippen LogP contribution in [0.25, 0.3) is 22.7 Å². The largest absolute Gasteiger partial charge is 0.493 e. The van der Waals surface area contributed by atoms with Crippen molar-refractivity contribution < 1.29 is 9.47 Å². The van der Waals surface area contributed by atoms with Crippen LogP contribution < -0.4 is 9.47 Å². The van der Waals surface area contributed by atoms with Crippen molar-refractivity contribution in [3.05, 3.63) is 53.9 Å². The average Bonchev–Trinajstić information content (AvgIpc) is 3.04. The Balaban J connectivity index is 2.12. The van der Waals surface area contributed by atoms with Crippen molar-refractivity contribution in [2.24, 2.45) is 0 Å². The van der Waals surface area contributed by atoms with Gasteiger partial charge < -0.3 is 14.0 Å². The molecule has 2 aromatic carbocycles. The van der Waals surface area contributed by atoms with Crippen molar-refractivity contribution in [2.45, 2.75) is 13.5 Å². The Bertz CT molecular complexity index is 980. The summed E-state index contributed by atoms with van der Waals surface area (Å²) in [7, 11) is 3.19. The molecule has 3 rings (SSSR count). The lowest BCUT2D eigenvalue weighted by atomic mass is 10.1. The van der Waals surface area contributed by atoms with Crippen molar-refractivity contribution in [3.63, 3.8) is 0 Å². The zero-order chi connectivity index (χ0) is 17.8. The molecule has 0 spiro atoms. The monoisotopic (exact) mass is 333 g/mol. The number of nitrogens with zero attached hydrogens (tertiary/aromatic N) is 3. The zero-order valence-electron chi connectivity index (χ0n) is 14.5. The molecule has 25 heavy (non-hydrogen) atoms. The molecule has 0 aliphatic heterocycles. The minimum absolute atomic E-state index is 0.505. The number of allylic oxidation sites excluding steroid dienone is 1. The van der Waals surface area contributed by atoms with E-state index in [4.69, 9.17) is 9.47 Å². The van der Waals surface area contributed by atoms with Crippen molar-refractivity contribution in [1.29, 1.82) is 5.26 Å². The number of benzene rings is 2. The van der Waals surface area contributed by atoms with E-state index in [-0.39, 0.29) is 0 Å². The number of fused-ring (bicyclic) bond motifs is 1.